The lowest BCUT2D eigenvalue weighted by molar-refractivity contribution is -0.123. The topological polar surface area (TPSA) is 392 Å². The highest BCUT2D eigenvalue weighted by molar-refractivity contribution is 4.94. The predicted octanol–water partition coefficient (Wildman–Crippen LogP) is -11.0. The van der Waals surface area contributed by atoms with Crippen LogP contribution < -0.4 is 0 Å². The molecule has 4 rings (SSSR count). The summed E-state index contributed by atoms with van der Waals surface area (Å²) in [6.07, 6.45) is -15.9. The van der Waals surface area contributed by atoms with Gasteiger partial charge in [-0.15, -0.1) is 0 Å². The van der Waals surface area contributed by atoms with Crippen LogP contribution in [0.3, 0.4) is 0 Å². The third-order valence-electron chi connectivity index (χ3n) is 7.09. The van der Waals surface area contributed by atoms with Gasteiger partial charge in [0.15, 0.2) is 0 Å². The Balaban J connectivity index is 0.000000570. The third-order valence-corrected chi connectivity index (χ3v) is 7.09. The number of rotatable bonds is 9. The van der Waals surface area contributed by atoms with Gasteiger partial charge in [-0.05, 0) is 0 Å². The quantitative estimate of drug-likeness (QED) is 0.108. The lowest BCUT2D eigenvalue weighted by Crippen LogP contribution is -2.46. The Hall–Kier alpha value is -0.840. The third kappa shape index (κ3) is 12.6. The molecule has 0 amide bonds. The molecule has 4 aliphatic rings. The van der Waals surface area contributed by atoms with Crippen LogP contribution >= 0.6 is 0 Å². The molecule has 0 radical (unpaired) electrons. The van der Waals surface area contributed by atoms with E-state index in [1.54, 1.807) is 0 Å². The summed E-state index contributed by atoms with van der Waals surface area (Å²) in [5, 5.41) is 141. The molecule has 0 spiro atoms. The first-order valence-electron chi connectivity index (χ1n) is 13.7. The molecule has 4 heterocycles. The summed E-state index contributed by atoms with van der Waals surface area (Å²) in [5.41, 5.74) is 0. The van der Waals surface area contributed by atoms with Gasteiger partial charge in [0.25, 0.3) is 0 Å². The van der Waals surface area contributed by atoms with E-state index in [1.807, 2.05) is 0 Å². The van der Waals surface area contributed by atoms with Crippen molar-refractivity contribution in [1.82, 2.24) is 0 Å². The minimum Gasteiger partial charge on any atom is -0.412 e. The molecule has 21 nitrogen and oxygen atoms in total. The molecule has 0 aromatic heterocycles. The molecule has 16 atom stereocenters. The second-order valence-electron chi connectivity index (χ2n) is 10.4. The van der Waals surface area contributed by atoms with E-state index in [0.29, 0.717) is 0 Å². The maximum atomic E-state index is 9.16. The van der Waals surface area contributed by atoms with Crippen LogP contribution in [-0.4, -0.2) is 238 Å². The summed E-state index contributed by atoms with van der Waals surface area (Å²) in [5.74, 6) is 0. The molecule has 2 unspecified atom stereocenters. The van der Waals surface area contributed by atoms with E-state index in [-0.39, 0.29) is 50.7 Å². The molecule has 45 heavy (non-hydrogen) atoms. The van der Waals surface area contributed by atoms with Crippen LogP contribution in [0.4, 0.5) is 0 Å². The Morgan fingerprint density at radius 3 is 1.16 bits per heavy atom. The van der Waals surface area contributed by atoms with E-state index >= 15 is 0 Å². The molecule has 4 fully saturated rings. The summed E-state index contributed by atoms with van der Waals surface area (Å²) >= 11 is 0. The number of hydrogen-bond donors (Lipinski definition) is 16. The summed E-state index contributed by atoms with van der Waals surface area (Å²) in [4.78, 5) is 0. The largest absolute Gasteiger partial charge is 0.412 e. The highest BCUT2D eigenvalue weighted by Gasteiger charge is 2.46. The van der Waals surface area contributed by atoms with Crippen molar-refractivity contribution in [1.29, 1.82) is 0 Å². The fourth-order valence-corrected chi connectivity index (χ4v) is 4.33. The monoisotopic (exact) mass is 674 g/mol. The zero-order chi connectivity index (χ0) is 33.7. The average Bonchev–Trinajstić information content (AvgIpc) is 3.77. The molecule has 0 aromatic rings. The number of ether oxygens (including phenoxy) is 4. The fourth-order valence-electron chi connectivity index (χ4n) is 4.33. The summed E-state index contributed by atoms with van der Waals surface area (Å²) in [6, 6.07) is 0. The van der Waals surface area contributed by atoms with Crippen LogP contribution in [0.25, 0.3) is 0 Å². The molecule has 21 heteroatoms. The van der Waals surface area contributed by atoms with E-state index < -0.39 is 105 Å². The molecule has 4 aliphatic heterocycles. The molecular weight excluding hydrogens is 624 g/mol. The van der Waals surface area contributed by atoms with Crippen LogP contribution in [0.1, 0.15) is 0 Å². The van der Waals surface area contributed by atoms with Crippen molar-refractivity contribution in [2.24, 2.45) is 0 Å². The van der Waals surface area contributed by atoms with Crippen LogP contribution in [0, 0.1) is 0 Å². The Morgan fingerprint density at radius 1 is 0.511 bits per heavy atom. The molecule has 272 valence electrons. The van der Waals surface area contributed by atoms with Crippen LogP contribution in [0.2, 0.25) is 0 Å². The summed E-state index contributed by atoms with van der Waals surface area (Å²) < 4.78 is 19.9. The van der Waals surface area contributed by atoms with E-state index in [0.717, 1.165) is 0 Å². The minimum absolute atomic E-state index is 0. The van der Waals surface area contributed by atoms with Crippen LogP contribution in [-0.2, 0) is 18.9 Å². The molecule has 0 aromatic carbocycles. The molecule has 4 saturated heterocycles. The van der Waals surface area contributed by atoms with Gasteiger partial charge in [-0.2, -0.15) is 0 Å². The van der Waals surface area contributed by atoms with Crippen molar-refractivity contribution in [3.05, 3.63) is 0 Å². The first-order chi connectivity index (χ1) is 20.7. The highest BCUT2D eigenvalue weighted by Crippen LogP contribution is 2.26. The first kappa shape index (κ1) is 44.2. The van der Waals surface area contributed by atoms with E-state index in [1.165, 1.54) is 0 Å². The van der Waals surface area contributed by atoms with E-state index in [4.69, 9.17) is 101 Å². The van der Waals surface area contributed by atoms with Crippen LogP contribution in [0.5, 0.6) is 0 Å². The van der Waals surface area contributed by atoms with Gasteiger partial charge in [0.2, 0.25) is 0 Å². The normalized spacial score (nSPS) is 38.5. The van der Waals surface area contributed by atoms with Gasteiger partial charge in [-0.1, -0.05) is 0 Å². The number of hydrogen-bond acceptors (Lipinski definition) is 20. The van der Waals surface area contributed by atoms with Gasteiger partial charge < -0.3 is 106 Å². The summed E-state index contributed by atoms with van der Waals surface area (Å²) in [7, 11) is 0. The lowest BCUT2D eigenvalue weighted by atomic mass is 10.0. The maximum absolute atomic E-state index is 9.16. The van der Waals surface area contributed by atoms with Crippen molar-refractivity contribution in [2.45, 2.75) is 97.7 Å². The highest BCUT2D eigenvalue weighted by atomic mass is 16.6. The maximum Gasteiger partial charge on any atom is 0.114 e. The van der Waals surface area contributed by atoms with Crippen molar-refractivity contribution in [3.8, 4) is 0 Å². The second kappa shape index (κ2) is 21.9. The SMILES string of the molecule is O.OCC1OC(CO)[C@H](O)[C@H]1O.OC[C@@H](O)[C@@H](O)[C@H](O)[C@@H](O)CO.OC[C@@H](O)[C@H]1OC[C@H](O)[C@H]1O.O[C@@H]1CO[C@H]2[C@@H]1OC[C@H]2O. The van der Waals surface area contributed by atoms with Gasteiger partial charge in [0.1, 0.15) is 97.7 Å². The van der Waals surface area contributed by atoms with Gasteiger partial charge in [-0.3, -0.25) is 0 Å². The zero-order valence-corrected chi connectivity index (χ0v) is 24.2. The number of aliphatic hydroxyl groups is 16. The lowest BCUT2D eigenvalue weighted by Gasteiger charge is -2.24. The van der Waals surface area contributed by atoms with Gasteiger partial charge >= 0.3 is 0 Å². The van der Waals surface area contributed by atoms with Crippen molar-refractivity contribution < 1.29 is 106 Å². The average molecular weight is 675 g/mol. The minimum atomic E-state index is -1.67. The molecule has 0 aliphatic carbocycles. The Bertz CT molecular complexity index is 706. The van der Waals surface area contributed by atoms with Crippen molar-refractivity contribution >= 4 is 0 Å². The Morgan fingerprint density at radius 2 is 0.889 bits per heavy atom. The number of aliphatic hydroxyl groups excluding tert-OH is 16. The van der Waals surface area contributed by atoms with Crippen molar-refractivity contribution in [3.63, 3.8) is 0 Å². The standard InChI is InChI=1S/C6H14O6.2C6H12O5.C6H10O4.H2O/c7-1-3(9)5(11)6(12)4(10)2-8;7-1-3(8)6-5(10)4(9)2-11-6;7-1-3-5(9)6(10)4(2-8)11-3;7-3-1-9-6-4(8)2-10-5(3)6;/h3-12H,1-2H2;2*3-10H,1-2H2;3-8H,1-2H2;1H2/t2*3-,4+,5-,6-;3?,4?,5-,6-;3-,4-,5-,6-;/m1101./s1. The van der Waals surface area contributed by atoms with Gasteiger partial charge in [0.05, 0.1) is 52.9 Å². The molecule has 0 saturated carbocycles. The smallest absolute Gasteiger partial charge is 0.114 e. The molecule has 0 bridgehead atoms. The number of fused-ring (bicyclic) bond motifs is 1. The van der Waals surface area contributed by atoms with Gasteiger partial charge in [0, 0.05) is 0 Å². The predicted molar refractivity (Wildman–Crippen MR) is 143 cm³/mol. The van der Waals surface area contributed by atoms with E-state index in [2.05, 4.69) is 0 Å². The Labute approximate surface area is 257 Å². The van der Waals surface area contributed by atoms with Crippen LogP contribution in [0.15, 0.2) is 0 Å². The van der Waals surface area contributed by atoms with E-state index in [9.17, 15) is 0 Å². The zero-order valence-electron chi connectivity index (χ0n) is 24.2. The molecular formula is C24H50O21. The second-order valence-corrected chi connectivity index (χ2v) is 10.4. The van der Waals surface area contributed by atoms with Crippen molar-refractivity contribution in [2.75, 3.05) is 52.9 Å². The fraction of sp³-hybridized carbons (Fsp3) is 1.00. The summed E-state index contributed by atoms with van der Waals surface area (Å²) in [6.45, 7) is -2.06. The molecule has 18 N–H and O–H groups in total. The Kier molecular flexibility index (Phi) is 21.5. The van der Waals surface area contributed by atoms with Gasteiger partial charge in [-0.25, -0.2) is 0 Å². The first-order valence-corrected chi connectivity index (χ1v) is 13.7.